The first-order valence-corrected chi connectivity index (χ1v) is 7.55. The fourth-order valence-corrected chi connectivity index (χ4v) is 3.42. The van der Waals surface area contributed by atoms with E-state index in [1.165, 1.54) is 11.3 Å². The third-order valence-corrected chi connectivity index (χ3v) is 4.56. The van der Waals surface area contributed by atoms with Crippen LogP contribution in [0.5, 0.6) is 0 Å². The van der Waals surface area contributed by atoms with Crippen LogP contribution in [0.3, 0.4) is 0 Å². The highest BCUT2D eigenvalue weighted by molar-refractivity contribution is 7.71. The quantitative estimate of drug-likeness (QED) is 0.857. The molecule has 98 valence electrons. The zero-order valence-electron chi connectivity index (χ0n) is 10.9. The summed E-state index contributed by atoms with van der Waals surface area (Å²) < 4.78 is 2.25. The summed E-state index contributed by atoms with van der Waals surface area (Å²) in [7, 11) is 0. The Hall–Kier alpha value is -0.940. The lowest BCUT2D eigenvalue weighted by atomic mass is 10.0. The topological polar surface area (TPSA) is 37.8 Å². The first-order chi connectivity index (χ1) is 8.54. The number of H-pyrrole nitrogens is 1. The standard InChI is InChI=1S/C13H18N2OS2/c1-4-8(2)7-9(3)15-12(16)10-5-6-18-11(10)14-13(15)17/h5-6,8-9H,4,7H2,1-3H3,(H,14,17). The molecular weight excluding hydrogens is 264 g/mol. The summed E-state index contributed by atoms with van der Waals surface area (Å²) in [5.41, 5.74) is 0.0332. The van der Waals surface area contributed by atoms with Crippen molar-refractivity contribution in [1.29, 1.82) is 0 Å². The smallest absolute Gasteiger partial charge is 0.263 e. The predicted molar refractivity (Wildman–Crippen MR) is 80.1 cm³/mol. The Balaban J connectivity index is 2.50. The minimum absolute atomic E-state index is 0.0332. The average molecular weight is 282 g/mol. The second-order valence-electron chi connectivity index (χ2n) is 4.87. The van der Waals surface area contributed by atoms with Crippen molar-refractivity contribution in [2.45, 2.75) is 39.7 Å². The van der Waals surface area contributed by atoms with Crippen LogP contribution in [0.4, 0.5) is 0 Å². The minimum Gasteiger partial charge on any atom is -0.323 e. The van der Waals surface area contributed by atoms with Crippen LogP contribution in [0.15, 0.2) is 16.2 Å². The van der Waals surface area contributed by atoms with Gasteiger partial charge in [0, 0.05) is 6.04 Å². The van der Waals surface area contributed by atoms with Crippen LogP contribution in [0, 0.1) is 10.7 Å². The summed E-state index contributed by atoms with van der Waals surface area (Å²) in [6, 6.07) is 2.00. The summed E-state index contributed by atoms with van der Waals surface area (Å²) in [5, 5.41) is 2.66. The van der Waals surface area contributed by atoms with Crippen molar-refractivity contribution in [3.05, 3.63) is 26.6 Å². The Morgan fingerprint density at radius 1 is 1.50 bits per heavy atom. The molecule has 2 unspecified atom stereocenters. The van der Waals surface area contributed by atoms with Gasteiger partial charge in [-0.25, -0.2) is 0 Å². The molecule has 2 aromatic rings. The van der Waals surface area contributed by atoms with Crippen LogP contribution in [0.1, 0.15) is 39.7 Å². The van der Waals surface area contributed by atoms with E-state index in [4.69, 9.17) is 12.2 Å². The number of hydrogen-bond donors (Lipinski definition) is 1. The van der Waals surface area contributed by atoms with Gasteiger partial charge in [-0.15, -0.1) is 11.3 Å². The lowest BCUT2D eigenvalue weighted by Crippen LogP contribution is -2.25. The van der Waals surface area contributed by atoms with E-state index in [1.54, 1.807) is 4.57 Å². The highest BCUT2D eigenvalue weighted by atomic mass is 32.1. The molecule has 0 aromatic carbocycles. The largest absolute Gasteiger partial charge is 0.323 e. The molecule has 0 aliphatic rings. The van der Waals surface area contributed by atoms with Crippen molar-refractivity contribution in [1.82, 2.24) is 9.55 Å². The maximum absolute atomic E-state index is 12.4. The molecule has 0 amide bonds. The molecule has 0 aliphatic heterocycles. The van der Waals surface area contributed by atoms with Gasteiger partial charge < -0.3 is 4.98 Å². The van der Waals surface area contributed by atoms with Crippen molar-refractivity contribution in [2.24, 2.45) is 5.92 Å². The Morgan fingerprint density at radius 2 is 2.22 bits per heavy atom. The molecule has 0 fully saturated rings. The van der Waals surface area contributed by atoms with Gasteiger partial charge in [-0.3, -0.25) is 9.36 Å². The first-order valence-electron chi connectivity index (χ1n) is 6.26. The molecule has 1 N–H and O–H groups in total. The van der Waals surface area contributed by atoms with Crippen molar-refractivity contribution in [2.75, 3.05) is 0 Å². The normalized spacial score (nSPS) is 14.8. The van der Waals surface area contributed by atoms with E-state index < -0.39 is 0 Å². The van der Waals surface area contributed by atoms with Gasteiger partial charge in [0.05, 0.1) is 5.39 Å². The highest BCUT2D eigenvalue weighted by Gasteiger charge is 2.14. The van der Waals surface area contributed by atoms with Crippen LogP contribution < -0.4 is 5.56 Å². The lowest BCUT2D eigenvalue weighted by molar-refractivity contribution is 0.387. The van der Waals surface area contributed by atoms with Crippen LogP contribution in [-0.4, -0.2) is 9.55 Å². The molecule has 0 saturated heterocycles. The highest BCUT2D eigenvalue weighted by Crippen LogP contribution is 2.20. The van der Waals surface area contributed by atoms with Crippen LogP contribution in [0.25, 0.3) is 10.2 Å². The molecule has 0 aliphatic carbocycles. The summed E-state index contributed by atoms with van der Waals surface area (Å²) in [4.78, 5) is 16.4. The van der Waals surface area contributed by atoms with Gasteiger partial charge in [0.15, 0.2) is 4.77 Å². The van der Waals surface area contributed by atoms with Gasteiger partial charge in [-0.1, -0.05) is 20.3 Å². The first kappa shape index (κ1) is 13.5. The Morgan fingerprint density at radius 3 is 2.89 bits per heavy atom. The van der Waals surface area contributed by atoms with E-state index in [9.17, 15) is 4.79 Å². The summed E-state index contributed by atoms with van der Waals surface area (Å²) >= 11 is 6.83. The van der Waals surface area contributed by atoms with Crippen molar-refractivity contribution in [3.63, 3.8) is 0 Å². The number of rotatable bonds is 4. The van der Waals surface area contributed by atoms with E-state index in [0.29, 0.717) is 10.7 Å². The second-order valence-corrected chi connectivity index (χ2v) is 6.17. The van der Waals surface area contributed by atoms with Gasteiger partial charge in [-0.2, -0.15) is 0 Å². The van der Waals surface area contributed by atoms with E-state index in [0.717, 1.165) is 23.1 Å². The van der Waals surface area contributed by atoms with Gasteiger partial charge in [0.1, 0.15) is 4.83 Å². The van der Waals surface area contributed by atoms with Gasteiger partial charge in [0.25, 0.3) is 5.56 Å². The summed E-state index contributed by atoms with van der Waals surface area (Å²) in [5.74, 6) is 0.597. The van der Waals surface area contributed by atoms with E-state index in [1.807, 2.05) is 11.4 Å². The van der Waals surface area contributed by atoms with Crippen molar-refractivity contribution < 1.29 is 0 Å². The minimum atomic E-state index is 0.0332. The molecule has 0 spiro atoms. The molecular formula is C13H18N2OS2. The monoisotopic (exact) mass is 282 g/mol. The maximum Gasteiger partial charge on any atom is 0.263 e. The Labute approximate surface area is 115 Å². The fraction of sp³-hybridized carbons (Fsp3) is 0.538. The van der Waals surface area contributed by atoms with Crippen molar-refractivity contribution in [3.8, 4) is 0 Å². The number of thiophene rings is 1. The van der Waals surface area contributed by atoms with E-state index >= 15 is 0 Å². The second kappa shape index (κ2) is 5.36. The number of aromatic amines is 1. The average Bonchev–Trinajstić information content (AvgIpc) is 2.76. The molecule has 0 saturated carbocycles. The number of nitrogens with zero attached hydrogens (tertiary/aromatic N) is 1. The van der Waals surface area contributed by atoms with Gasteiger partial charge >= 0.3 is 0 Å². The molecule has 0 bridgehead atoms. The third kappa shape index (κ3) is 2.42. The third-order valence-electron chi connectivity index (χ3n) is 3.43. The van der Waals surface area contributed by atoms with Crippen LogP contribution in [-0.2, 0) is 0 Å². The SMILES string of the molecule is CCC(C)CC(C)n1c(=S)[nH]c2sccc2c1=O. The molecule has 0 radical (unpaired) electrons. The maximum atomic E-state index is 12.4. The van der Waals surface area contributed by atoms with E-state index in [2.05, 4.69) is 25.8 Å². The van der Waals surface area contributed by atoms with Gasteiger partial charge in [-0.05, 0) is 42.9 Å². The zero-order valence-corrected chi connectivity index (χ0v) is 12.5. The van der Waals surface area contributed by atoms with Crippen LogP contribution in [0.2, 0.25) is 0 Å². The predicted octanol–water partition coefficient (Wildman–Crippen LogP) is 4.12. The molecule has 5 heteroatoms. The fourth-order valence-electron chi connectivity index (χ4n) is 2.21. The molecule has 3 nitrogen and oxygen atoms in total. The number of aromatic nitrogens is 2. The van der Waals surface area contributed by atoms with Crippen molar-refractivity contribution >= 4 is 33.8 Å². The summed E-state index contributed by atoms with van der Waals surface area (Å²) in [6.45, 7) is 6.44. The number of nitrogens with one attached hydrogen (secondary N) is 1. The van der Waals surface area contributed by atoms with Crippen LogP contribution >= 0.6 is 23.6 Å². The Kier molecular flexibility index (Phi) is 4.02. The lowest BCUT2D eigenvalue weighted by Gasteiger charge is -2.18. The molecule has 2 atom stereocenters. The summed E-state index contributed by atoms with van der Waals surface area (Å²) in [6.07, 6.45) is 2.10. The number of hydrogen-bond acceptors (Lipinski definition) is 3. The van der Waals surface area contributed by atoms with Gasteiger partial charge in [0.2, 0.25) is 0 Å². The molecule has 2 rings (SSSR count). The Bertz CT molecular complexity index is 653. The number of fused-ring (bicyclic) bond motifs is 1. The molecule has 18 heavy (non-hydrogen) atoms. The molecule has 2 aromatic heterocycles. The zero-order chi connectivity index (χ0) is 13.3. The molecule has 2 heterocycles. The van der Waals surface area contributed by atoms with E-state index in [-0.39, 0.29) is 11.6 Å².